The lowest BCUT2D eigenvalue weighted by atomic mass is 10.2. The molecule has 0 aromatic heterocycles. The molecule has 0 spiro atoms. The lowest BCUT2D eigenvalue weighted by Gasteiger charge is -2.23. The largest absolute Gasteiger partial charge is 0.385 e. The summed E-state index contributed by atoms with van der Waals surface area (Å²) in [4.78, 5) is 12.4. The molecule has 1 fully saturated rings. The molecule has 1 N–H and O–H groups in total. The minimum atomic E-state index is -3.70. The number of carbonyl (C=O) groups excluding carboxylic acids is 1. The maximum absolute atomic E-state index is 12.7. The number of methoxy groups -OCH3 is 1. The van der Waals surface area contributed by atoms with Crippen LogP contribution in [0.15, 0.2) is 29.2 Å². The Labute approximate surface area is 141 Å². The molecule has 0 saturated carbocycles. The Hall–Kier alpha value is -1.15. The molecule has 1 aliphatic heterocycles. The highest BCUT2D eigenvalue weighted by molar-refractivity contribution is 7.89. The van der Waals surface area contributed by atoms with Crippen LogP contribution >= 0.6 is 11.6 Å². The van der Waals surface area contributed by atoms with E-state index in [9.17, 15) is 13.2 Å². The van der Waals surface area contributed by atoms with Gasteiger partial charge in [-0.25, -0.2) is 8.42 Å². The molecule has 0 radical (unpaired) electrons. The molecule has 1 aliphatic rings. The first-order valence-corrected chi connectivity index (χ1v) is 9.32. The molecule has 0 bridgehead atoms. The summed E-state index contributed by atoms with van der Waals surface area (Å²) in [5.74, 6) is -0.254. The summed E-state index contributed by atoms with van der Waals surface area (Å²) in [5, 5.41) is 3.25. The van der Waals surface area contributed by atoms with Crippen LogP contribution in [-0.4, -0.2) is 51.5 Å². The Kier molecular flexibility index (Phi) is 6.41. The Balaban J connectivity index is 2.08. The standard InChI is InChI=1S/C15H21ClN2O4S/c1-22-11-3-9-17-15(19)14-4-2-10-18(14)23(20,21)13-7-5-12(16)6-8-13/h5-8,14H,2-4,9-11H2,1H3,(H,17,19)/t14-/m1/s1. The SMILES string of the molecule is COCCCNC(=O)[C@H]1CCCN1S(=O)(=O)c1ccc(Cl)cc1. The van der Waals surface area contributed by atoms with Crippen molar-refractivity contribution < 1.29 is 17.9 Å². The summed E-state index contributed by atoms with van der Waals surface area (Å²) in [6.45, 7) is 1.37. The van der Waals surface area contributed by atoms with Gasteiger partial charge in [0.05, 0.1) is 4.90 Å². The minimum Gasteiger partial charge on any atom is -0.385 e. The molecule has 1 saturated heterocycles. The van der Waals surface area contributed by atoms with Crippen LogP contribution in [0.1, 0.15) is 19.3 Å². The first-order chi connectivity index (χ1) is 11.0. The first-order valence-electron chi connectivity index (χ1n) is 7.51. The second-order valence-corrected chi connectivity index (χ2v) is 7.69. The number of nitrogens with zero attached hydrogens (tertiary/aromatic N) is 1. The highest BCUT2D eigenvalue weighted by Gasteiger charge is 2.39. The maximum Gasteiger partial charge on any atom is 0.243 e. The topological polar surface area (TPSA) is 75.7 Å². The van der Waals surface area contributed by atoms with Crippen molar-refractivity contribution in [3.8, 4) is 0 Å². The molecular weight excluding hydrogens is 340 g/mol. The lowest BCUT2D eigenvalue weighted by molar-refractivity contribution is -0.124. The van der Waals surface area contributed by atoms with E-state index >= 15 is 0 Å². The van der Waals surface area contributed by atoms with Gasteiger partial charge in [-0.15, -0.1) is 0 Å². The molecule has 128 valence electrons. The van der Waals surface area contributed by atoms with Gasteiger partial charge in [-0.2, -0.15) is 4.31 Å². The Morgan fingerprint density at radius 3 is 2.74 bits per heavy atom. The Morgan fingerprint density at radius 2 is 2.09 bits per heavy atom. The maximum atomic E-state index is 12.7. The summed E-state index contributed by atoms with van der Waals surface area (Å²) in [7, 11) is -2.10. The average Bonchev–Trinajstić information content (AvgIpc) is 3.02. The molecule has 23 heavy (non-hydrogen) atoms. The fraction of sp³-hybridized carbons (Fsp3) is 0.533. The van der Waals surface area contributed by atoms with Gasteiger partial charge in [-0.3, -0.25) is 4.79 Å². The summed E-state index contributed by atoms with van der Waals surface area (Å²) in [6.07, 6.45) is 1.89. The van der Waals surface area contributed by atoms with Crippen molar-refractivity contribution in [2.75, 3.05) is 26.8 Å². The molecule has 1 aromatic rings. The van der Waals surface area contributed by atoms with Crippen LogP contribution in [0.5, 0.6) is 0 Å². The van der Waals surface area contributed by atoms with Crippen LogP contribution in [0.25, 0.3) is 0 Å². The molecular formula is C15H21ClN2O4S. The van der Waals surface area contributed by atoms with E-state index in [-0.39, 0.29) is 10.8 Å². The zero-order valence-electron chi connectivity index (χ0n) is 13.0. The molecule has 0 unspecified atom stereocenters. The zero-order valence-corrected chi connectivity index (χ0v) is 14.6. The van der Waals surface area contributed by atoms with E-state index in [1.54, 1.807) is 7.11 Å². The summed E-state index contributed by atoms with van der Waals surface area (Å²) in [6, 6.07) is 5.33. The molecule has 1 aromatic carbocycles. The van der Waals surface area contributed by atoms with Gasteiger partial charge in [0.15, 0.2) is 0 Å². The third-order valence-electron chi connectivity index (χ3n) is 3.75. The van der Waals surface area contributed by atoms with E-state index in [2.05, 4.69) is 5.32 Å². The molecule has 2 rings (SSSR count). The third-order valence-corrected chi connectivity index (χ3v) is 5.93. The summed E-state index contributed by atoms with van der Waals surface area (Å²) >= 11 is 5.80. The van der Waals surface area contributed by atoms with Crippen LogP contribution in [0.4, 0.5) is 0 Å². The number of carbonyl (C=O) groups is 1. The van der Waals surface area contributed by atoms with E-state index < -0.39 is 16.1 Å². The number of rotatable bonds is 7. The van der Waals surface area contributed by atoms with Crippen molar-refractivity contribution in [1.82, 2.24) is 9.62 Å². The highest BCUT2D eigenvalue weighted by atomic mass is 35.5. The molecule has 1 amide bonds. The average molecular weight is 361 g/mol. The van der Waals surface area contributed by atoms with Crippen molar-refractivity contribution >= 4 is 27.5 Å². The summed E-state index contributed by atoms with van der Waals surface area (Å²) < 4.78 is 31.6. The van der Waals surface area contributed by atoms with E-state index in [1.807, 2.05) is 0 Å². The monoisotopic (exact) mass is 360 g/mol. The van der Waals surface area contributed by atoms with Crippen LogP contribution in [0.2, 0.25) is 5.02 Å². The van der Waals surface area contributed by atoms with Gasteiger partial charge in [-0.05, 0) is 43.5 Å². The second kappa shape index (κ2) is 8.10. The normalized spacial score (nSPS) is 19.0. The Bertz CT molecular complexity index is 633. The van der Waals surface area contributed by atoms with E-state index in [1.165, 1.54) is 28.6 Å². The number of nitrogens with one attached hydrogen (secondary N) is 1. The molecule has 8 heteroatoms. The number of amides is 1. The molecule has 1 heterocycles. The smallest absolute Gasteiger partial charge is 0.243 e. The number of halogens is 1. The van der Waals surface area contributed by atoms with Gasteiger partial charge in [0.25, 0.3) is 0 Å². The van der Waals surface area contributed by atoms with Crippen LogP contribution in [0.3, 0.4) is 0 Å². The quantitative estimate of drug-likeness (QED) is 0.750. The highest BCUT2D eigenvalue weighted by Crippen LogP contribution is 2.26. The number of hydrogen-bond donors (Lipinski definition) is 1. The molecule has 0 aliphatic carbocycles. The predicted molar refractivity (Wildman–Crippen MR) is 87.9 cm³/mol. The van der Waals surface area contributed by atoms with Crippen molar-refractivity contribution in [3.05, 3.63) is 29.3 Å². The summed E-state index contributed by atoms with van der Waals surface area (Å²) in [5.41, 5.74) is 0. The first kappa shape index (κ1) is 18.2. The van der Waals surface area contributed by atoms with Gasteiger partial charge in [0, 0.05) is 31.8 Å². The van der Waals surface area contributed by atoms with E-state index in [4.69, 9.17) is 16.3 Å². The zero-order chi connectivity index (χ0) is 16.9. The van der Waals surface area contributed by atoms with Gasteiger partial charge in [-0.1, -0.05) is 11.6 Å². The Morgan fingerprint density at radius 1 is 1.39 bits per heavy atom. The minimum absolute atomic E-state index is 0.154. The third kappa shape index (κ3) is 4.44. The second-order valence-electron chi connectivity index (χ2n) is 5.37. The predicted octanol–water partition coefficient (Wildman–Crippen LogP) is 1.65. The van der Waals surface area contributed by atoms with Gasteiger partial charge in [0.1, 0.15) is 6.04 Å². The number of benzene rings is 1. The fourth-order valence-corrected chi connectivity index (χ4v) is 4.36. The molecule has 6 nitrogen and oxygen atoms in total. The van der Waals surface area contributed by atoms with Crippen molar-refractivity contribution in [2.45, 2.75) is 30.2 Å². The van der Waals surface area contributed by atoms with Gasteiger partial charge in [0.2, 0.25) is 15.9 Å². The van der Waals surface area contributed by atoms with Crippen molar-refractivity contribution in [2.24, 2.45) is 0 Å². The number of ether oxygens (including phenoxy) is 1. The molecule has 1 atom stereocenters. The van der Waals surface area contributed by atoms with Gasteiger partial charge < -0.3 is 10.1 Å². The lowest BCUT2D eigenvalue weighted by Crippen LogP contribution is -2.46. The van der Waals surface area contributed by atoms with Gasteiger partial charge >= 0.3 is 0 Å². The van der Waals surface area contributed by atoms with E-state index in [0.29, 0.717) is 44.0 Å². The number of sulfonamides is 1. The fourth-order valence-electron chi connectivity index (χ4n) is 2.58. The van der Waals surface area contributed by atoms with Crippen LogP contribution in [-0.2, 0) is 19.6 Å². The van der Waals surface area contributed by atoms with Crippen molar-refractivity contribution in [1.29, 1.82) is 0 Å². The van der Waals surface area contributed by atoms with Crippen LogP contribution in [0, 0.1) is 0 Å². The van der Waals surface area contributed by atoms with Crippen molar-refractivity contribution in [3.63, 3.8) is 0 Å². The number of hydrogen-bond acceptors (Lipinski definition) is 4. The van der Waals surface area contributed by atoms with Crippen LogP contribution < -0.4 is 5.32 Å². The van der Waals surface area contributed by atoms with E-state index in [0.717, 1.165) is 0 Å².